The maximum Gasteiger partial charge on any atom is 0.0159 e. The lowest BCUT2D eigenvalue weighted by Crippen LogP contribution is -2.15. The summed E-state index contributed by atoms with van der Waals surface area (Å²) in [5.74, 6) is 0. The third kappa shape index (κ3) is 3.31. The first-order valence-corrected chi connectivity index (χ1v) is 11.2. The van der Waals surface area contributed by atoms with Gasteiger partial charge in [-0.15, -0.1) is 0 Å². The largest absolute Gasteiger partial charge is 0.0563 e. The molecule has 0 heteroatoms. The van der Waals surface area contributed by atoms with E-state index in [1.807, 2.05) is 0 Å². The SMILES string of the molecule is Cc1cc(C)cc(-c2ccc3c(c2)C(C)(C)c2cc(-c4cc(C)cc(C)c4)ccc2-3)c1. The van der Waals surface area contributed by atoms with Crippen molar-refractivity contribution < 1.29 is 0 Å². The van der Waals surface area contributed by atoms with Gasteiger partial charge in [-0.2, -0.15) is 0 Å². The van der Waals surface area contributed by atoms with E-state index in [9.17, 15) is 0 Å². The fourth-order valence-corrected chi connectivity index (χ4v) is 5.38. The molecule has 0 nitrogen and oxygen atoms in total. The third-order valence-electron chi connectivity index (χ3n) is 6.79. The van der Waals surface area contributed by atoms with Crippen LogP contribution >= 0.6 is 0 Å². The van der Waals surface area contributed by atoms with Gasteiger partial charge in [-0.1, -0.05) is 96.8 Å². The highest BCUT2D eigenvalue weighted by Gasteiger charge is 2.35. The first-order chi connectivity index (χ1) is 14.7. The Morgan fingerprint density at radius 2 is 0.774 bits per heavy atom. The minimum atomic E-state index is -0.0194. The van der Waals surface area contributed by atoms with E-state index in [1.54, 1.807) is 0 Å². The normalized spacial score (nSPS) is 13.7. The highest BCUT2D eigenvalue weighted by Crippen LogP contribution is 2.50. The minimum Gasteiger partial charge on any atom is -0.0563 e. The topological polar surface area (TPSA) is 0 Å². The fraction of sp³-hybridized carbons (Fsp3) is 0.226. The lowest BCUT2D eigenvalue weighted by Gasteiger charge is -2.23. The maximum absolute atomic E-state index is 2.42. The van der Waals surface area contributed by atoms with Crippen molar-refractivity contribution in [1.29, 1.82) is 0 Å². The van der Waals surface area contributed by atoms with E-state index in [1.165, 1.54) is 66.8 Å². The Hall–Kier alpha value is -3.12. The molecule has 1 aliphatic rings. The highest BCUT2D eigenvalue weighted by molar-refractivity contribution is 5.86. The van der Waals surface area contributed by atoms with Crippen molar-refractivity contribution in [3.05, 3.63) is 106 Å². The van der Waals surface area contributed by atoms with Crippen LogP contribution in [0.25, 0.3) is 33.4 Å². The molecule has 0 N–H and O–H groups in total. The molecule has 0 amide bonds. The van der Waals surface area contributed by atoms with Gasteiger partial charge in [-0.25, -0.2) is 0 Å². The Bertz CT molecular complexity index is 1190. The molecule has 0 bridgehead atoms. The lowest BCUT2D eigenvalue weighted by molar-refractivity contribution is 0.661. The van der Waals surface area contributed by atoms with E-state index in [0.29, 0.717) is 0 Å². The number of hydrogen-bond acceptors (Lipinski definition) is 0. The Labute approximate surface area is 186 Å². The van der Waals surface area contributed by atoms with Gasteiger partial charge in [0.1, 0.15) is 0 Å². The summed E-state index contributed by atoms with van der Waals surface area (Å²) in [4.78, 5) is 0. The van der Waals surface area contributed by atoms with E-state index in [2.05, 4.69) is 114 Å². The van der Waals surface area contributed by atoms with E-state index < -0.39 is 0 Å². The summed E-state index contributed by atoms with van der Waals surface area (Å²) in [6, 6.07) is 27.7. The van der Waals surface area contributed by atoms with Crippen LogP contribution in [0, 0.1) is 27.7 Å². The molecule has 4 aromatic rings. The second-order valence-electron chi connectivity index (χ2n) is 9.90. The molecule has 4 aromatic carbocycles. The van der Waals surface area contributed by atoms with Crippen LogP contribution < -0.4 is 0 Å². The highest BCUT2D eigenvalue weighted by atomic mass is 14.4. The molecule has 0 atom stereocenters. The molecule has 154 valence electrons. The van der Waals surface area contributed by atoms with Crippen LogP contribution in [0.4, 0.5) is 0 Å². The van der Waals surface area contributed by atoms with Gasteiger partial charge in [0.05, 0.1) is 0 Å². The average Bonchev–Trinajstić information content (AvgIpc) is 2.93. The van der Waals surface area contributed by atoms with E-state index in [-0.39, 0.29) is 5.41 Å². The van der Waals surface area contributed by atoms with Crippen LogP contribution in [0.5, 0.6) is 0 Å². The van der Waals surface area contributed by atoms with Crippen molar-refractivity contribution in [3.63, 3.8) is 0 Å². The summed E-state index contributed by atoms with van der Waals surface area (Å²) in [6.45, 7) is 13.5. The number of aryl methyl sites for hydroxylation is 4. The first-order valence-electron chi connectivity index (χ1n) is 11.2. The second-order valence-corrected chi connectivity index (χ2v) is 9.90. The molecule has 0 radical (unpaired) electrons. The Balaban J connectivity index is 1.63. The molecular formula is C31H30. The van der Waals surface area contributed by atoms with Gasteiger partial charge in [0.25, 0.3) is 0 Å². The van der Waals surface area contributed by atoms with Crippen molar-refractivity contribution in [3.8, 4) is 33.4 Å². The molecule has 0 fully saturated rings. The first kappa shape index (κ1) is 19.8. The van der Waals surface area contributed by atoms with Gasteiger partial charge in [0.15, 0.2) is 0 Å². The van der Waals surface area contributed by atoms with Crippen molar-refractivity contribution in [2.75, 3.05) is 0 Å². The van der Waals surface area contributed by atoms with Crippen LogP contribution in [-0.4, -0.2) is 0 Å². The molecule has 5 rings (SSSR count). The number of fused-ring (bicyclic) bond motifs is 3. The second kappa shape index (κ2) is 6.95. The zero-order valence-electron chi connectivity index (χ0n) is 19.4. The molecule has 0 spiro atoms. The third-order valence-corrected chi connectivity index (χ3v) is 6.79. The standard InChI is InChI=1S/C31H30/c1-19-11-20(2)14-25(13-19)23-7-9-27-28-10-8-24(26-15-21(3)12-22(4)16-26)18-30(28)31(5,6)29(27)17-23/h7-18H,1-6H3. The van der Waals surface area contributed by atoms with Crippen molar-refractivity contribution in [1.82, 2.24) is 0 Å². The van der Waals surface area contributed by atoms with Crippen LogP contribution in [0.3, 0.4) is 0 Å². The smallest absolute Gasteiger partial charge is 0.0159 e. The molecule has 1 aliphatic carbocycles. The van der Waals surface area contributed by atoms with Crippen molar-refractivity contribution in [2.45, 2.75) is 47.0 Å². The lowest BCUT2D eigenvalue weighted by atomic mass is 9.80. The number of benzene rings is 4. The maximum atomic E-state index is 2.42. The predicted octanol–water partition coefficient (Wildman–Crippen LogP) is 8.56. The van der Waals surface area contributed by atoms with Gasteiger partial charge >= 0.3 is 0 Å². The Kier molecular flexibility index (Phi) is 4.45. The Morgan fingerprint density at radius 3 is 1.13 bits per heavy atom. The summed E-state index contributed by atoms with van der Waals surface area (Å²) in [6.07, 6.45) is 0. The van der Waals surface area contributed by atoms with Crippen molar-refractivity contribution >= 4 is 0 Å². The summed E-state index contributed by atoms with van der Waals surface area (Å²) < 4.78 is 0. The molecular weight excluding hydrogens is 372 g/mol. The Morgan fingerprint density at radius 1 is 0.419 bits per heavy atom. The minimum absolute atomic E-state index is 0.0194. The molecule has 0 heterocycles. The summed E-state index contributed by atoms with van der Waals surface area (Å²) in [5.41, 5.74) is 16.1. The van der Waals surface area contributed by atoms with Crippen LogP contribution in [0.15, 0.2) is 72.8 Å². The van der Waals surface area contributed by atoms with Crippen LogP contribution in [0.1, 0.15) is 47.2 Å². The fourth-order valence-electron chi connectivity index (χ4n) is 5.38. The van der Waals surface area contributed by atoms with E-state index in [0.717, 1.165) is 0 Å². The van der Waals surface area contributed by atoms with E-state index in [4.69, 9.17) is 0 Å². The average molecular weight is 403 g/mol. The van der Waals surface area contributed by atoms with Gasteiger partial charge < -0.3 is 0 Å². The summed E-state index contributed by atoms with van der Waals surface area (Å²) in [7, 11) is 0. The molecule has 0 unspecified atom stereocenters. The summed E-state index contributed by atoms with van der Waals surface area (Å²) in [5, 5.41) is 0. The monoisotopic (exact) mass is 402 g/mol. The zero-order chi connectivity index (χ0) is 21.9. The summed E-state index contributed by atoms with van der Waals surface area (Å²) >= 11 is 0. The molecule has 0 saturated carbocycles. The molecule has 0 aliphatic heterocycles. The van der Waals surface area contributed by atoms with Gasteiger partial charge in [-0.3, -0.25) is 0 Å². The number of rotatable bonds is 2. The van der Waals surface area contributed by atoms with Crippen LogP contribution in [-0.2, 0) is 5.41 Å². The van der Waals surface area contributed by atoms with Crippen molar-refractivity contribution in [2.24, 2.45) is 0 Å². The molecule has 0 saturated heterocycles. The predicted molar refractivity (Wildman–Crippen MR) is 134 cm³/mol. The van der Waals surface area contributed by atoms with Gasteiger partial charge in [0.2, 0.25) is 0 Å². The van der Waals surface area contributed by atoms with E-state index >= 15 is 0 Å². The zero-order valence-corrected chi connectivity index (χ0v) is 19.4. The van der Waals surface area contributed by atoms with Gasteiger partial charge in [0, 0.05) is 5.41 Å². The number of hydrogen-bond donors (Lipinski definition) is 0. The molecule has 31 heavy (non-hydrogen) atoms. The van der Waals surface area contributed by atoms with Crippen LogP contribution in [0.2, 0.25) is 0 Å². The molecule has 0 aromatic heterocycles. The quantitative estimate of drug-likeness (QED) is 0.315. The van der Waals surface area contributed by atoms with Gasteiger partial charge in [-0.05, 0) is 84.3 Å².